The lowest BCUT2D eigenvalue weighted by Crippen LogP contribution is -2.14. The molecule has 0 aliphatic heterocycles. The molecule has 1 amide bonds. The Morgan fingerprint density at radius 3 is 2.61 bits per heavy atom. The minimum absolute atomic E-state index is 0.213. The van der Waals surface area contributed by atoms with Crippen LogP contribution in [0.2, 0.25) is 10.0 Å². The first-order valence-corrected chi connectivity index (χ1v) is 8.69. The van der Waals surface area contributed by atoms with E-state index in [9.17, 15) is 9.59 Å². The number of rotatable bonds is 5. The van der Waals surface area contributed by atoms with E-state index in [-0.39, 0.29) is 17.4 Å². The summed E-state index contributed by atoms with van der Waals surface area (Å²) >= 11 is 18.8. The van der Waals surface area contributed by atoms with Gasteiger partial charge in [-0.05, 0) is 25.1 Å². The lowest BCUT2D eigenvalue weighted by Gasteiger charge is -2.03. The third-order valence-electron chi connectivity index (χ3n) is 2.78. The number of benzene rings is 1. The largest absolute Gasteiger partial charge is 0.462 e. The molecule has 0 radical (unpaired) electrons. The maximum atomic E-state index is 12.1. The summed E-state index contributed by atoms with van der Waals surface area (Å²) in [6, 6.07) is 6.72. The van der Waals surface area contributed by atoms with Crippen LogP contribution in [0.25, 0.3) is 10.4 Å². The van der Waals surface area contributed by atoms with Crippen molar-refractivity contribution in [1.29, 1.82) is 0 Å². The van der Waals surface area contributed by atoms with Crippen molar-refractivity contribution in [2.45, 2.75) is 6.92 Å². The molecular formula is C15H12Cl3NO3S. The van der Waals surface area contributed by atoms with Gasteiger partial charge in [0.05, 0.1) is 17.3 Å². The molecule has 0 fully saturated rings. The lowest BCUT2D eigenvalue weighted by molar-refractivity contribution is -0.113. The smallest absolute Gasteiger partial charge is 0.350 e. The molecule has 122 valence electrons. The molecule has 0 unspecified atom stereocenters. The van der Waals surface area contributed by atoms with Crippen molar-refractivity contribution in [3.63, 3.8) is 0 Å². The summed E-state index contributed by atoms with van der Waals surface area (Å²) in [4.78, 5) is 24.6. The van der Waals surface area contributed by atoms with Gasteiger partial charge in [-0.15, -0.1) is 22.9 Å². The van der Waals surface area contributed by atoms with E-state index >= 15 is 0 Å². The van der Waals surface area contributed by atoms with Crippen molar-refractivity contribution < 1.29 is 14.3 Å². The molecule has 0 aliphatic rings. The van der Waals surface area contributed by atoms with Gasteiger partial charge in [-0.3, -0.25) is 4.79 Å². The minimum Gasteiger partial charge on any atom is -0.462 e. The van der Waals surface area contributed by atoms with Crippen LogP contribution in [-0.4, -0.2) is 24.4 Å². The van der Waals surface area contributed by atoms with E-state index in [0.29, 0.717) is 26.2 Å². The zero-order chi connectivity index (χ0) is 17.0. The average molecular weight is 393 g/mol. The highest BCUT2D eigenvalue weighted by Gasteiger charge is 2.20. The van der Waals surface area contributed by atoms with Crippen molar-refractivity contribution in [3.05, 3.63) is 39.2 Å². The van der Waals surface area contributed by atoms with Crippen molar-refractivity contribution in [2.75, 3.05) is 17.8 Å². The Morgan fingerprint density at radius 2 is 2.00 bits per heavy atom. The van der Waals surface area contributed by atoms with Crippen LogP contribution < -0.4 is 5.32 Å². The molecule has 0 atom stereocenters. The van der Waals surface area contributed by atoms with Crippen molar-refractivity contribution >= 4 is 63.7 Å². The van der Waals surface area contributed by atoms with Gasteiger partial charge < -0.3 is 10.1 Å². The van der Waals surface area contributed by atoms with E-state index in [1.807, 2.05) is 0 Å². The molecule has 23 heavy (non-hydrogen) atoms. The third-order valence-corrected chi connectivity index (χ3v) is 4.72. The fourth-order valence-corrected chi connectivity index (χ4v) is 3.52. The molecule has 0 spiro atoms. The predicted octanol–water partition coefficient (Wildman–Crippen LogP) is 5.08. The van der Waals surface area contributed by atoms with E-state index in [1.54, 1.807) is 31.2 Å². The van der Waals surface area contributed by atoms with Crippen molar-refractivity contribution in [2.24, 2.45) is 0 Å². The first kappa shape index (κ1) is 18.1. The Labute approximate surface area is 152 Å². The van der Waals surface area contributed by atoms with Gasteiger partial charge in [-0.25, -0.2) is 4.79 Å². The van der Waals surface area contributed by atoms with Gasteiger partial charge >= 0.3 is 5.97 Å². The van der Waals surface area contributed by atoms with Crippen LogP contribution in [0.1, 0.15) is 16.6 Å². The summed E-state index contributed by atoms with van der Waals surface area (Å²) in [5.74, 6) is -1.14. The zero-order valence-electron chi connectivity index (χ0n) is 12.0. The summed E-state index contributed by atoms with van der Waals surface area (Å²) in [6.45, 7) is 1.94. The summed E-state index contributed by atoms with van der Waals surface area (Å²) in [5, 5.41) is 3.55. The van der Waals surface area contributed by atoms with Gasteiger partial charge in [-0.2, -0.15) is 0 Å². The van der Waals surface area contributed by atoms with Gasteiger partial charge in [0.25, 0.3) is 0 Å². The molecule has 8 heteroatoms. The molecule has 0 bridgehead atoms. The number of ether oxygens (including phenoxy) is 1. The van der Waals surface area contributed by atoms with Crippen LogP contribution in [0.4, 0.5) is 5.69 Å². The highest BCUT2D eigenvalue weighted by atomic mass is 35.5. The Kier molecular flexibility index (Phi) is 6.30. The molecule has 1 aromatic carbocycles. The Bertz CT molecular complexity index is 746. The Balaban J connectivity index is 2.47. The average Bonchev–Trinajstić information content (AvgIpc) is 2.91. The van der Waals surface area contributed by atoms with Gasteiger partial charge in [0.1, 0.15) is 10.8 Å². The third kappa shape index (κ3) is 4.38. The van der Waals surface area contributed by atoms with Gasteiger partial charge in [0.15, 0.2) is 0 Å². The second-order valence-corrected chi connectivity index (χ2v) is 6.54. The normalized spacial score (nSPS) is 10.4. The second kappa shape index (κ2) is 8.02. The number of thiophene rings is 1. The number of carbonyl (C=O) groups excluding carboxylic acids is 2. The molecule has 2 rings (SSSR count). The number of alkyl halides is 1. The van der Waals surface area contributed by atoms with Gasteiger partial charge in [0.2, 0.25) is 5.91 Å². The van der Waals surface area contributed by atoms with E-state index in [1.165, 1.54) is 11.3 Å². The SMILES string of the molecule is CCOC(=O)c1sc(-c2ccc(Cl)cc2Cl)cc1NC(=O)CCl. The quantitative estimate of drug-likeness (QED) is 0.570. The van der Waals surface area contributed by atoms with Gasteiger partial charge in [0, 0.05) is 15.5 Å². The minimum atomic E-state index is -0.515. The van der Waals surface area contributed by atoms with E-state index in [0.717, 1.165) is 0 Å². The molecule has 1 N–H and O–H groups in total. The van der Waals surface area contributed by atoms with Crippen LogP contribution >= 0.6 is 46.1 Å². The fraction of sp³-hybridized carbons (Fsp3) is 0.200. The topological polar surface area (TPSA) is 55.4 Å². The van der Waals surface area contributed by atoms with Crippen molar-refractivity contribution in [1.82, 2.24) is 0 Å². The molecule has 4 nitrogen and oxygen atoms in total. The van der Waals surface area contributed by atoms with Crippen LogP contribution in [0.5, 0.6) is 0 Å². The summed E-state index contributed by atoms with van der Waals surface area (Å²) < 4.78 is 5.02. The first-order chi connectivity index (χ1) is 11.0. The monoisotopic (exact) mass is 391 g/mol. The number of anilines is 1. The predicted molar refractivity (Wildman–Crippen MR) is 95.1 cm³/mol. The molecule has 0 saturated carbocycles. The number of hydrogen-bond acceptors (Lipinski definition) is 4. The molecule has 1 heterocycles. The maximum absolute atomic E-state index is 12.1. The molecular weight excluding hydrogens is 381 g/mol. The Morgan fingerprint density at radius 1 is 1.26 bits per heavy atom. The fourth-order valence-electron chi connectivity index (χ4n) is 1.84. The first-order valence-electron chi connectivity index (χ1n) is 6.58. The van der Waals surface area contributed by atoms with E-state index in [4.69, 9.17) is 39.5 Å². The molecule has 2 aromatic rings. The summed E-state index contributed by atoms with van der Waals surface area (Å²) in [5.41, 5.74) is 1.05. The number of nitrogens with one attached hydrogen (secondary N) is 1. The Hall–Kier alpha value is -1.27. The highest BCUT2D eigenvalue weighted by molar-refractivity contribution is 7.18. The summed E-state index contributed by atoms with van der Waals surface area (Å²) in [7, 11) is 0. The number of carbonyl (C=O) groups is 2. The van der Waals surface area contributed by atoms with E-state index in [2.05, 4.69) is 5.32 Å². The number of esters is 1. The van der Waals surface area contributed by atoms with Gasteiger partial charge in [-0.1, -0.05) is 29.3 Å². The standard InChI is InChI=1S/C15H12Cl3NO3S/c1-2-22-15(21)14-11(19-13(20)7-16)6-12(23-14)9-4-3-8(17)5-10(9)18/h3-6H,2,7H2,1H3,(H,19,20). The van der Waals surface area contributed by atoms with Crippen LogP contribution in [0.3, 0.4) is 0 Å². The number of halogens is 3. The zero-order valence-corrected chi connectivity index (χ0v) is 15.1. The van der Waals surface area contributed by atoms with Crippen LogP contribution in [0, 0.1) is 0 Å². The second-order valence-electron chi connectivity index (χ2n) is 4.38. The molecule has 0 aliphatic carbocycles. The van der Waals surface area contributed by atoms with Crippen molar-refractivity contribution in [3.8, 4) is 10.4 Å². The number of amides is 1. The summed E-state index contributed by atoms with van der Waals surface area (Å²) in [6.07, 6.45) is 0. The van der Waals surface area contributed by atoms with Crippen LogP contribution in [0.15, 0.2) is 24.3 Å². The molecule has 0 saturated heterocycles. The highest BCUT2D eigenvalue weighted by Crippen LogP contribution is 2.39. The maximum Gasteiger partial charge on any atom is 0.350 e. The lowest BCUT2D eigenvalue weighted by atomic mass is 10.2. The number of hydrogen-bond donors (Lipinski definition) is 1. The molecule has 1 aromatic heterocycles. The van der Waals surface area contributed by atoms with Crippen LogP contribution in [-0.2, 0) is 9.53 Å². The van der Waals surface area contributed by atoms with E-state index < -0.39 is 11.9 Å².